The highest BCUT2D eigenvalue weighted by Gasteiger charge is 2.45. The van der Waals surface area contributed by atoms with Crippen LogP contribution in [0.5, 0.6) is 0 Å². The molecule has 2 amide bonds. The normalized spacial score (nSPS) is 24.1. The van der Waals surface area contributed by atoms with Gasteiger partial charge in [0.15, 0.2) is 0 Å². The Labute approximate surface area is 173 Å². The Balaban J connectivity index is 0.00000225. The third-order valence-electron chi connectivity index (χ3n) is 6.34. The highest BCUT2D eigenvalue weighted by Crippen LogP contribution is 2.41. The third-order valence-corrected chi connectivity index (χ3v) is 6.34. The van der Waals surface area contributed by atoms with Gasteiger partial charge in [0.25, 0.3) is 0 Å². The van der Waals surface area contributed by atoms with Crippen LogP contribution in [-0.2, 0) is 9.59 Å². The van der Waals surface area contributed by atoms with Crippen LogP contribution < -0.4 is 5.32 Å². The van der Waals surface area contributed by atoms with Gasteiger partial charge < -0.3 is 15.1 Å². The zero-order valence-electron chi connectivity index (χ0n) is 16.3. The first kappa shape index (κ1) is 20.9. The molecule has 3 saturated heterocycles. The van der Waals surface area contributed by atoms with Crippen molar-refractivity contribution in [2.75, 3.05) is 32.7 Å². The van der Waals surface area contributed by atoms with E-state index in [1.807, 2.05) is 28.0 Å². The van der Waals surface area contributed by atoms with Gasteiger partial charge in [0.1, 0.15) is 0 Å². The number of nitrogens with one attached hydrogen (secondary N) is 1. The minimum atomic E-state index is 0. The summed E-state index contributed by atoms with van der Waals surface area (Å²) in [5.41, 5.74) is 1.23. The molecule has 1 aromatic rings. The molecule has 1 atom stereocenters. The number of piperidine rings is 1. The molecule has 3 aliphatic rings. The number of amides is 2. The average Bonchev–Trinajstić information content (AvgIpc) is 3.32. The Morgan fingerprint density at radius 2 is 1.96 bits per heavy atom. The molecule has 1 N–H and O–H groups in total. The van der Waals surface area contributed by atoms with E-state index in [2.05, 4.69) is 29.6 Å². The van der Waals surface area contributed by atoms with E-state index in [0.29, 0.717) is 13.0 Å². The van der Waals surface area contributed by atoms with Crippen molar-refractivity contribution in [1.82, 2.24) is 15.1 Å². The molecule has 4 rings (SSSR count). The minimum absolute atomic E-state index is 0. The highest BCUT2D eigenvalue weighted by atomic mass is 35.5. The molecule has 3 heterocycles. The summed E-state index contributed by atoms with van der Waals surface area (Å²) in [4.78, 5) is 29.1. The summed E-state index contributed by atoms with van der Waals surface area (Å²) in [5.74, 6) is 0.513. The van der Waals surface area contributed by atoms with Crippen LogP contribution in [0.25, 0.3) is 6.08 Å². The molecule has 28 heavy (non-hydrogen) atoms. The Bertz CT molecular complexity index is 708. The standard InChI is InChI=1S/C22H29N3O2.ClH/c26-20-16-22(17-25(20)13-5-8-18-6-2-1-3-7-18)10-14-24(15-11-22)21(27)19-9-4-12-23-19;/h1-3,5-8,19,23H,4,9-17H2;1H/t19-;/m0./s1. The number of likely N-dealkylation sites (tertiary alicyclic amines) is 2. The predicted molar refractivity (Wildman–Crippen MR) is 113 cm³/mol. The fourth-order valence-electron chi connectivity index (χ4n) is 4.68. The van der Waals surface area contributed by atoms with E-state index in [-0.39, 0.29) is 35.7 Å². The molecule has 0 aromatic heterocycles. The quantitative estimate of drug-likeness (QED) is 0.840. The van der Waals surface area contributed by atoms with Crippen molar-refractivity contribution in [3.63, 3.8) is 0 Å². The summed E-state index contributed by atoms with van der Waals surface area (Å²) >= 11 is 0. The molecular weight excluding hydrogens is 374 g/mol. The van der Waals surface area contributed by atoms with Crippen molar-refractivity contribution in [2.45, 2.75) is 38.1 Å². The van der Waals surface area contributed by atoms with Gasteiger partial charge in [-0.05, 0) is 37.8 Å². The van der Waals surface area contributed by atoms with Crippen LogP contribution in [0.1, 0.15) is 37.7 Å². The fraction of sp³-hybridized carbons (Fsp3) is 0.545. The van der Waals surface area contributed by atoms with E-state index in [9.17, 15) is 9.59 Å². The van der Waals surface area contributed by atoms with Crippen LogP contribution in [0.4, 0.5) is 0 Å². The summed E-state index contributed by atoms with van der Waals surface area (Å²) in [6.07, 6.45) is 8.72. The number of carbonyl (C=O) groups is 2. The second kappa shape index (κ2) is 9.10. The lowest BCUT2D eigenvalue weighted by Gasteiger charge is -2.39. The first-order valence-electron chi connectivity index (χ1n) is 10.2. The highest BCUT2D eigenvalue weighted by molar-refractivity contribution is 5.85. The SMILES string of the molecule is Cl.O=C1CC2(CCN(C(=O)[C@@H]3CCCN3)CC2)CN1CC=Cc1ccccc1. The molecule has 5 nitrogen and oxygen atoms in total. The van der Waals surface area contributed by atoms with Crippen molar-refractivity contribution in [3.8, 4) is 0 Å². The van der Waals surface area contributed by atoms with E-state index in [1.54, 1.807) is 0 Å². The topological polar surface area (TPSA) is 52.7 Å². The Kier molecular flexibility index (Phi) is 6.78. The number of halogens is 1. The van der Waals surface area contributed by atoms with E-state index in [1.165, 1.54) is 0 Å². The van der Waals surface area contributed by atoms with Crippen molar-refractivity contribution in [2.24, 2.45) is 5.41 Å². The molecule has 0 radical (unpaired) electrons. The number of hydrogen-bond donors (Lipinski definition) is 1. The maximum atomic E-state index is 12.6. The average molecular weight is 404 g/mol. The second-order valence-electron chi connectivity index (χ2n) is 8.24. The molecule has 3 aliphatic heterocycles. The van der Waals surface area contributed by atoms with Gasteiger partial charge in [0.2, 0.25) is 11.8 Å². The van der Waals surface area contributed by atoms with Gasteiger partial charge in [0.05, 0.1) is 6.04 Å². The van der Waals surface area contributed by atoms with Crippen molar-refractivity contribution in [1.29, 1.82) is 0 Å². The smallest absolute Gasteiger partial charge is 0.239 e. The van der Waals surface area contributed by atoms with Crippen molar-refractivity contribution >= 4 is 30.3 Å². The molecule has 0 bridgehead atoms. The van der Waals surface area contributed by atoms with Gasteiger partial charge in [-0.15, -0.1) is 12.4 Å². The van der Waals surface area contributed by atoms with Crippen LogP contribution in [0.3, 0.4) is 0 Å². The summed E-state index contributed by atoms with van der Waals surface area (Å²) in [5, 5.41) is 3.30. The summed E-state index contributed by atoms with van der Waals surface area (Å²) in [6.45, 7) is 4.03. The molecule has 0 unspecified atom stereocenters. The van der Waals surface area contributed by atoms with Gasteiger partial charge in [-0.25, -0.2) is 0 Å². The first-order chi connectivity index (χ1) is 13.2. The fourth-order valence-corrected chi connectivity index (χ4v) is 4.68. The zero-order chi connectivity index (χ0) is 18.7. The Hall–Kier alpha value is -1.85. The summed E-state index contributed by atoms with van der Waals surface area (Å²) < 4.78 is 0. The van der Waals surface area contributed by atoms with E-state index < -0.39 is 0 Å². The van der Waals surface area contributed by atoms with Crippen LogP contribution >= 0.6 is 12.4 Å². The van der Waals surface area contributed by atoms with Crippen molar-refractivity contribution < 1.29 is 9.59 Å². The van der Waals surface area contributed by atoms with E-state index in [0.717, 1.165) is 57.4 Å². The van der Waals surface area contributed by atoms with Crippen LogP contribution in [0.2, 0.25) is 0 Å². The van der Waals surface area contributed by atoms with Crippen LogP contribution in [0.15, 0.2) is 36.4 Å². The molecule has 0 aliphatic carbocycles. The van der Waals surface area contributed by atoms with E-state index >= 15 is 0 Å². The maximum absolute atomic E-state index is 12.6. The van der Waals surface area contributed by atoms with Crippen LogP contribution in [0, 0.1) is 5.41 Å². The maximum Gasteiger partial charge on any atom is 0.239 e. The molecule has 6 heteroatoms. The Morgan fingerprint density at radius 1 is 1.21 bits per heavy atom. The minimum Gasteiger partial charge on any atom is -0.341 e. The van der Waals surface area contributed by atoms with Gasteiger partial charge in [-0.2, -0.15) is 0 Å². The Morgan fingerprint density at radius 3 is 2.64 bits per heavy atom. The zero-order valence-corrected chi connectivity index (χ0v) is 17.1. The monoisotopic (exact) mass is 403 g/mol. The number of rotatable bonds is 4. The van der Waals surface area contributed by atoms with Gasteiger partial charge >= 0.3 is 0 Å². The molecule has 1 aromatic carbocycles. The van der Waals surface area contributed by atoms with E-state index in [4.69, 9.17) is 0 Å². The number of benzene rings is 1. The molecule has 1 spiro atoms. The molecule has 152 valence electrons. The number of hydrogen-bond acceptors (Lipinski definition) is 3. The van der Waals surface area contributed by atoms with Gasteiger partial charge in [0, 0.05) is 38.0 Å². The largest absolute Gasteiger partial charge is 0.341 e. The van der Waals surface area contributed by atoms with Crippen LogP contribution in [-0.4, -0.2) is 60.4 Å². The van der Waals surface area contributed by atoms with Gasteiger partial charge in [-0.1, -0.05) is 42.5 Å². The molecule has 3 fully saturated rings. The third kappa shape index (κ3) is 4.58. The number of carbonyl (C=O) groups excluding carboxylic acids is 2. The lowest BCUT2D eigenvalue weighted by atomic mass is 9.77. The summed E-state index contributed by atoms with van der Waals surface area (Å²) in [7, 11) is 0. The second-order valence-corrected chi connectivity index (χ2v) is 8.24. The first-order valence-corrected chi connectivity index (χ1v) is 10.2. The predicted octanol–water partition coefficient (Wildman–Crippen LogP) is 2.71. The van der Waals surface area contributed by atoms with Gasteiger partial charge in [-0.3, -0.25) is 9.59 Å². The summed E-state index contributed by atoms with van der Waals surface area (Å²) in [6, 6.07) is 10.2. The lowest BCUT2D eigenvalue weighted by Crippen LogP contribution is -2.49. The number of nitrogens with zero attached hydrogens (tertiary/aromatic N) is 2. The lowest BCUT2D eigenvalue weighted by molar-refractivity contribution is -0.135. The molecule has 0 saturated carbocycles. The molecular formula is C22H30ClN3O2. The van der Waals surface area contributed by atoms with Crippen molar-refractivity contribution in [3.05, 3.63) is 42.0 Å².